The second-order valence-corrected chi connectivity index (χ2v) is 6.42. The third-order valence-electron chi connectivity index (χ3n) is 3.78. The molecule has 0 saturated carbocycles. The van der Waals surface area contributed by atoms with Gasteiger partial charge in [-0.1, -0.05) is 23.9 Å². The van der Waals surface area contributed by atoms with Crippen LogP contribution in [0.3, 0.4) is 0 Å². The van der Waals surface area contributed by atoms with Crippen LogP contribution in [0, 0.1) is 13.8 Å². The van der Waals surface area contributed by atoms with Crippen LogP contribution in [0.5, 0.6) is 0 Å². The lowest BCUT2D eigenvalue weighted by Crippen LogP contribution is -2.02. The van der Waals surface area contributed by atoms with Crippen LogP contribution in [-0.2, 0) is 0 Å². The van der Waals surface area contributed by atoms with Crippen molar-refractivity contribution in [1.29, 1.82) is 0 Å². The first kappa shape index (κ1) is 14.8. The molecule has 0 aliphatic rings. The molecule has 4 rings (SSSR count). The quantitative estimate of drug-likeness (QED) is 0.453. The maximum absolute atomic E-state index is 6.09. The number of nitrogens with two attached hydrogens (primary N) is 1. The Morgan fingerprint density at radius 2 is 1.92 bits per heavy atom. The molecule has 3 aromatic heterocycles. The van der Waals surface area contributed by atoms with Crippen molar-refractivity contribution >= 4 is 23.2 Å². The van der Waals surface area contributed by atoms with Gasteiger partial charge in [-0.15, -0.1) is 5.10 Å². The zero-order valence-electron chi connectivity index (χ0n) is 13.2. The molecule has 1 aromatic carbocycles. The molecule has 2 N–H and O–H groups in total. The van der Waals surface area contributed by atoms with E-state index in [1.165, 1.54) is 0 Å². The van der Waals surface area contributed by atoms with Crippen molar-refractivity contribution in [3.05, 3.63) is 53.9 Å². The number of nitrogens with zero attached hydrogens (tertiary/aromatic N) is 4. The number of fused-ring (bicyclic) bond motifs is 1. The lowest BCUT2D eigenvalue weighted by Gasteiger charge is -2.10. The first-order chi connectivity index (χ1) is 11.6. The number of nitrogen functional groups attached to an aromatic ring is 1. The average Bonchev–Trinajstić information content (AvgIpc) is 3.22. The van der Waals surface area contributed by atoms with Gasteiger partial charge in [0.25, 0.3) is 5.78 Å². The third-order valence-corrected chi connectivity index (χ3v) is 5.05. The lowest BCUT2D eigenvalue weighted by atomic mass is 10.3. The predicted molar refractivity (Wildman–Crippen MR) is 92.9 cm³/mol. The second-order valence-electron chi connectivity index (χ2n) is 5.39. The van der Waals surface area contributed by atoms with Gasteiger partial charge in [0.05, 0.1) is 6.26 Å². The van der Waals surface area contributed by atoms with E-state index < -0.39 is 0 Å². The molecule has 0 fully saturated rings. The largest absolute Gasteiger partial charge is 0.461 e. The minimum atomic E-state index is 0.514. The second kappa shape index (κ2) is 5.68. The molecule has 4 aromatic rings. The summed E-state index contributed by atoms with van der Waals surface area (Å²) in [5, 5.41) is 5.52. The highest BCUT2D eigenvalue weighted by Crippen LogP contribution is 2.34. The van der Waals surface area contributed by atoms with Gasteiger partial charge in [0.1, 0.15) is 5.03 Å². The molecule has 24 heavy (non-hydrogen) atoms. The monoisotopic (exact) mass is 337 g/mol. The highest BCUT2D eigenvalue weighted by atomic mass is 32.2. The molecule has 0 aliphatic heterocycles. The molecule has 0 radical (unpaired) electrons. The van der Waals surface area contributed by atoms with E-state index in [0.717, 1.165) is 26.9 Å². The summed E-state index contributed by atoms with van der Waals surface area (Å²) in [4.78, 5) is 9.99. The molecule has 0 atom stereocenters. The first-order valence-electron chi connectivity index (χ1n) is 7.43. The van der Waals surface area contributed by atoms with Crippen LogP contribution in [0.15, 0.2) is 57.0 Å². The third kappa shape index (κ3) is 2.43. The Morgan fingerprint density at radius 3 is 2.67 bits per heavy atom. The summed E-state index contributed by atoms with van der Waals surface area (Å²) in [6, 6.07) is 11.4. The van der Waals surface area contributed by atoms with Crippen molar-refractivity contribution in [2.75, 3.05) is 5.73 Å². The minimum Gasteiger partial charge on any atom is -0.461 e. The molecule has 120 valence electrons. The van der Waals surface area contributed by atoms with Crippen LogP contribution in [-0.4, -0.2) is 19.6 Å². The van der Waals surface area contributed by atoms with E-state index in [1.54, 1.807) is 22.5 Å². The highest BCUT2D eigenvalue weighted by Gasteiger charge is 2.17. The summed E-state index contributed by atoms with van der Waals surface area (Å²) >= 11 is 1.56. The van der Waals surface area contributed by atoms with Gasteiger partial charge < -0.3 is 10.2 Å². The van der Waals surface area contributed by atoms with Gasteiger partial charge in [-0.05, 0) is 38.1 Å². The molecule has 0 amide bonds. The fourth-order valence-corrected chi connectivity index (χ4v) is 3.42. The maximum atomic E-state index is 6.09. The van der Waals surface area contributed by atoms with Gasteiger partial charge >= 0.3 is 0 Å². The average molecular weight is 337 g/mol. The highest BCUT2D eigenvalue weighted by molar-refractivity contribution is 7.99. The SMILES string of the molecule is Cc1nc2nc(-c3ccco3)nn2c(Sc2ccccc2N)c1C. The van der Waals surface area contributed by atoms with Crippen LogP contribution in [0.1, 0.15) is 11.3 Å². The van der Waals surface area contributed by atoms with Crippen LogP contribution >= 0.6 is 11.8 Å². The van der Waals surface area contributed by atoms with Crippen LogP contribution in [0.2, 0.25) is 0 Å². The number of benzene rings is 1. The number of hydrogen-bond acceptors (Lipinski definition) is 6. The normalized spacial score (nSPS) is 11.2. The van der Waals surface area contributed by atoms with E-state index >= 15 is 0 Å². The molecule has 0 spiro atoms. The molecule has 0 bridgehead atoms. The van der Waals surface area contributed by atoms with E-state index in [1.807, 2.05) is 50.2 Å². The summed E-state index contributed by atoms with van der Waals surface area (Å²) in [6.07, 6.45) is 1.60. The van der Waals surface area contributed by atoms with Crippen molar-refractivity contribution in [1.82, 2.24) is 19.6 Å². The van der Waals surface area contributed by atoms with Gasteiger partial charge in [-0.3, -0.25) is 0 Å². The number of hydrogen-bond donors (Lipinski definition) is 1. The van der Waals surface area contributed by atoms with Gasteiger partial charge in [0.15, 0.2) is 5.76 Å². The van der Waals surface area contributed by atoms with E-state index in [4.69, 9.17) is 10.2 Å². The summed E-state index contributed by atoms with van der Waals surface area (Å²) in [5.41, 5.74) is 8.78. The predicted octanol–water partition coefficient (Wildman–Crippen LogP) is 3.73. The van der Waals surface area contributed by atoms with Crippen LogP contribution in [0.25, 0.3) is 17.4 Å². The zero-order chi connectivity index (χ0) is 16.7. The Kier molecular flexibility index (Phi) is 3.50. The van der Waals surface area contributed by atoms with Crippen molar-refractivity contribution in [3.63, 3.8) is 0 Å². The lowest BCUT2D eigenvalue weighted by molar-refractivity contribution is 0.577. The summed E-state index contributed by atoms with van der Waals surface area (Å²) in [6.45, 7) is 3.99. The van der Waals surface area contributed by atoms with E-state index in [2.05, 4.69) is 15.1 Å². The molecule has 6 nitrogen and oxygen atoms in total. The fourth-order valence-electron chi connectivity index (χ4n) is 2.37. The Balaban J connectivity index is 1.90. The molecule has 3 heterocycles. The fraction of sp³-hybridized carbons (Fsp3) is 0.118. The number of furan rings is 1. The smallest absolute Gasteiger partial charge is 0.254 e. The Morgan fingerprint density at radius 1 is 1.08 bits per heavy atom. The Hall–Kier alpha value is -2.80. The standard InChI is InChI=1S/C17H15N5OS/c1-10-11(2)19-17-20-15(13-7-5-9-23-13)21-22(17)16(10)24-14-8-4-3-6-12(14)18/h3-9H,18H2,1-2H3. The molecule has 0 aliphatic carbocycles. The van der Waals surface area contributed by atoms with Crippen molar-refractivity contribution in [3.8, 4) is 11.6 Å². The van der Waals surface area contributed by atoms with E-state index in [-0.39, 0.29) is 0 Å². The summed E-state index contributed by atoms with van der Waals surface area (Å²) in [5.74, 6) is 1.67. The van der Waals surface area contributed by atoms with Gasteiger partial charge in [-0.25, -0.2) is 4.98 Å². The number of aromatic nitrogens is 4. The number of para-hydroxylation sites is 1. The van der Waals surface area contributed by atoms with Crippen molar-refractivity contribution in [2.24, 2.45) is 0 Å². The van der Waals surface area contributed by atoms with E-state index in [9.17, 15) is 0 Å². The molecule has 0 unspecified atom stereocenters. The van der Waals surface area contributed by atoms with Gasteiger partial charge in [-0.2, -0.15) is 9.50 Å². The Bertz CT molecular complexity index is 1020. The van der Waals surface area contributed by atoms with Crippen molar-refractivity contribution < 1.29 is 4.42 Å². The number of rotatable bonds is 3. The van der Waals surface area contributed by atoms with Gasteiger partial charge in [0.2, 0.25) is 5.82 Å². The van der Waals surface area contributed by atoms with Crippen molar-refractivity contribution in [2.45, 2.75) is 23.8 Å². The van der Waals surface area contributed by atoms with E-state index in [0.29, 0.717) is 17.4 Å². The van der Waals surface area contributed by atoms with Crippen LogP contribution < -0.4 is 5.73 Å². The molecular weight excluding hydrogens is 322 g/mol. The molecule has 0 saturated heterocycles. The number of aryl methyl sites for hydroxylation is 1. The maximum Gasteiger partial charge on any atom is 0.254 e. The number of anilines is 1. The topological polar surface area (TPSA) is 82.2 Å². The summed E-state index contributed by atoms with van der Waals surface area (Å²) in [7, 11) is 0. The Labute approximate surface area is 142 Å². The molecular formula is C17H15N5OS. The zero-order valence-corrected chi connectivity index (χ0v) is 14.0. The first-order valence-corrected chi connectivity index (χ1v) is 8.25. The minimum absolute atomic E-state index is 0.514. The van der Waals surface area contributed by atoms with Gasteiger partial charge in [0, 0.05) is 21.8 Å². The summed E-state index contributed by atoms with van der Waals surface area (Å²) < 4.78 is 7.14. The molecule has 7 heteroatoms. The van der Waals surface area contributed by atoms with Crippen LogP contribution in [0.4, 0.5) is 5.69 Å².